The summed E-state index contributed by atoms with van der Waals surface area (Å²) in [5.41, 5.74) is 0.839. The standard InChI is InChI=1S/C14H20FNO/c1-14(2,11-5-6-11)16-9-13(17)10-3-7-12(15)8-4-10/h3-4,7-8,11,13,16-17H,5-6,9H2,1-2H3. The summed E-state index contributed by atoms with van der Waals surface area (Å²) in [5.74, 6) is 0.454. The van der Waals surface area contributed by atoms with Crippen LogP contribution >= 0.6 is 0 Å². The van der Waals surface area contributed by atoms with Gasteiger partial charge in [0.15, 0.2) is 0 Å². The lowest BCUT2D eigenvalue weighted by Crippen LogP contribution is -2.43. The Morgan fingerprint density at radius 2 is 1.94 bits per heavy atom. The Bertz CT molecular complexity index is 370. The van der Waals surface area contributed by atoms with Crippen molar-refractivity contribution in [2.75, 3.05) is 6.54 Å². The molecule has 1 aliphatic rings. The molecule has 0 bridgehead atoms. The van der Waals surface area contributed by atoms with E-state index in [0.717, 1.165) is 11.5 Å². The van der Waals surface area contributed by atoms with Crippen molar-refractivity contribution in [3.63, 3.8) is 0 Å². The fraction of sp³-hybridized carbons (Fsp3) is 0.571. The number of hydrogen-bond donors (Lipinski definition) is 2. The monoisotopic (exact) mass is 237 g/mol. The molecule has 1 aliphatic carbocycles. The number of β-amino-alcohol motifs (C(OH)–C–C–N with tert-alkyl or cyclic N) is 1. The summed E-state index contributed by atoms with van der Waals surface area (Å²) in [4.78, 5) is 0. The van der Waals surface area contributed by atoms with Gasteiger partial charge in [-0.25, -0.2) is 4.39 Å². The summed E-state index contributed by atoms with van der Waals surface area (Å²) in [5, 5.41) is 13.4. The van der Waals surface area contributed by atoms with Gasteiger partial charge in [-0.15, -0.1) is 0 Å². The van der Waals surface area contributed by atoms with Crippen molar-refractivity contribution >= 4 is 0 Å². The second kappa shape index (κ2) is 4.75. The highest BCUT2D eigenvalue weighted by Crippen LogP contribution is 2.39. The average Bonchev–Trinajstić information content (AvgIpc) is 3.11. The van der Waals surface area contributed by atoms with E-state index in [0.29, 0.717) is 6.54 Å². The van der Waals surface area contributed by atoms with Crippen LogP contribution in [0.25, 0.3) is 0 Å². The summed E-state index contributed by atoms with van der Waals surface area (Å²) in [7, 11) is 0. The van der Waals surface area contributed by atoms with Gasteiger partial charge >= 0.3 is 0 Å². The van der Waals surface area contributed by atoms with Crippen molar-refractivity contribution < 1.29 is 9.50 Å². The van der Waals surface area contributed by atoms with Gasteiger partial charge in [-0.3, -0.25) is 0 Å². The highest BCUT2D eigenvalue weighted by molar-refractivity contribution is 5.18. The van der Waals surface area contributed by atoms with E-state index in [1.54, 1.807) is 12.1 Å². The SMILES string of the molecule is CC(C)(NCC(O)c1ccc(F)cc1)C1CC1. The van der Waals surface area contributed by atoms with Crippen LogP contribution in [-0.4, -0.2) is 17.2 Å². The van der Waals surface area contributed by atoms with Crippen molar-refractivity contribution in [1.29, 1.82) is 0 Å². The topological polar surface area (TPSA) is 32.3 Å². The second-order valence-electron chi connectivity index (χ2n) is 5.44. The quantitative estimate of drug-likeness (QED) is 0.825. The molecule has 1 fully saturated rings. The molecule has 2 nitrogen and oxygen atoms in total. The zero-order valence-corrected chi connectivity index (χ0v) is 10.4. The Morgan fingerprint density at radius 1 is 1.35 bits per heavy atom. The van der Waals surface area contributed by atoms with Crippen LogP contribution in [-0.2, 0) is 0 Å². The van der Waals surface area contributed by atoms with Gasteiger partial charge in [0.05, 0.1) is 6.10 Å². The van der Waals surface area contributed by atoms with E-state index in [1.807, 2.05) is 0 Å². The molecule has 1 aromatic rings. The van der Waals surface area contributed by atoms with Crippen molar-refractivity contribution in [3.8, 4) is 0 Å². The Balaban J connectivity index is 1.88. The van der Waals surface area contributed by atoms with Crippen LogP contribution in [0.15, 0.2) is 24.3 Å². The predicted molar refractivity (Wildman–Crippen MR) is 66.2 cm³/mol. The zero-order chi connectivity index (χ0) is 12.5. The molecular weight excluding hydrogens is 217 g/mol. The van der Waals surface area contributed by atoms with Gasteiger partial charge < -0.3 is 10.4 Å². The molecule has 17 heavy (non-hydrogen) atoms. The molecule has 0 radical (unpaired) electrons. The first-order valence-electron chi connectivity index (χ1n) is 6.17. The first-order chi connectivity index (χ1) is 7.99. The van der Waals surface area contributed by atoms with Gasteiger partial charge in [0.2, 0.25) is 0 Å². The first-order valence-corrected chi connectivity index (χ1v) is 6.17. The fourth-order valence-electron chi connectivity index (χ4n) is 2.11. The molecule has 2 N–H and O–H groups in total. The van der Waals surface area contributed by atoms with E-state index >= 15 is 0 Å². The van der Waals surface area contributed by atoms with Crippen LogP contribution in [0.3, 0.4) is 0 Å². The van der Waals surface area contributed by atoms with Gasteiger partial charge in [-0.2, -0.15) is 0 Å². The molecule has 1 unspecified atom stereocenters. The van der Waals surface area contributed by atoms with E-state index < -0.39 is 6.10 Å². The molecule has 3 heteroatoms. The Kier molecular flexibility index (Phi) is 3.50. The molecule has 0 spiro atoms. The van der Waals surface area contributed by atoms with Crippen LogP contribution in [0.4, 0.5) is 4.39 Å². The molecule has 0 aromatic heterocycles. The maximum Gasteiger partial charge on any atom is 0.123 e. The van der Waals surface area contributed by atoms with Crippen molar-refractivity contribution in [3.05, 3.63) is 35.6 Å². The largest absolute Gasteiger partial charge is 0.387 e. The summed E-state index contributed by atoms with van der Waals surface area (Å²) < 4.78 is 12.7. The van der Waals surface area contributed by atoms with Gasteiger partial charge in [0, 0.05) is 12.1 Å². The minimum absolute atomic E-state index is 0.0843. The van der Waals surface area contributed by atoms with E-state index in [9.17, 15) is 9.50 Å². The molecular formula is C14H20FNO. The third-order valence-electron chi connectivity index (χ3n) is 3.60. The highest BCUT2D eigenvalue weighted by atomic mass is 19.1. The highest BCUT2D eigenvalue weighted by Gasteiger charge is 2.37. The average molecular weight is 237 g/mol. The fourth-order valence-corrected chi connectivity index (χ4v) is 2.11. The third-order valence-corrected chi connectivity index (χ3v) is 3.60. The van der Waals surface area contributed by atoms with Gasteiger partial charge in [-0.05, 0) is 50.3 Å². The molecule has 1 atom stereocenters. The van der Waals surface area contributed by atoms with Crippen LogP contribution in [0.2, 0.25) is 0 Å². The van der Waals surface area contributed by atoms with Gasteiger partial charge in [-0.1, -0.05) is 12.1 Å². The van der Waals surface area contributed by atoms with Crippen LogP contribution in [0.1, 0.15) is 38.4 Å². The smallest absolute Gasteiger partial charge is 0.123 e. The second-order valence-corrected chi connectivity index (χ2v) is 5.44. The Labute approximate surface area is 102 Å². The van der Waals surface area contributed by atoms with E-state index in [2.05, 4.69) is 19.2 Å². The minimum atomic E-state index is -0.575. The summed E-state index contributed by atoms with van der Waals surface area (Å²) in [6, 6.07) is 6.02. The lowest BCUT2D eigenvalue weighted by Gasteiger charge is -2.27. The van der Waals surface area contributed by atoms with E-state index in [1.165, 1.54) is 25.0 Å². The summed E-state index contributed by atoms with van der Waals surface area (Å²) >= 11 is 0. The Hall–Kier alpha value is -0.930. The van der Waals surface area contributed by atoms with E-state index in [-0.39, 0.29) is 11.4 Å². The maximum absolute atomic E-state index is 12.7. The molecule has 0 amide bonds. The summed E-state index contributed by atoms with van der Waals surface area (Å²) in [6.45, 7) is 4.85. The van der Waals surface area contributed by atoms with Crippen molar-refractivity contribution in [1.82, 2.24) is 5.32 Å². The Morgan fingerprint density at radius 3 is 2.47 bits per heavy atom. The molecule has 94 valence electrons. The van der Waals surface area contributed by atoms with Crippen LogP contribution in [0.5, 0.6) is 0 Å². The molecule has 1 aromatic carbocycles. The number of nitrogens with one attached hydrogen (secondary N) is 1. The number of rotatable bonds is 5. The molecule has 0 aliphatic heterocycles. The molecule has 2 rings (SSSR count). The molecule has 1 saturated carbocycles. The van der Waals surface area contributed by atoms with Crippen LogP contribution in [0, 0.1) is 11.7 Å². The zero-order valence-electron chi connectivity index (χ0n) is 10.4. The number of hydrogen-bond acceptors (Lipinski definition) is 2. The van der Waals surface area contributed by atoms with Crippen LogP contribution < -0.4 is 5.32 Å². The van der Waals surface area contributed by atoms with E-state index in [4.69, 9.17) is 0 Å². The normalized spacial score (nSPS) is 18.1. The lowest BCUT2D eigenvalue weighted by molar-refractivity contribution is 0.157. The van der Waals surface area contributed by atoms with Crippen molar-refractivity contribution in [2.24, 2.45) is 5.92 Å². The third kappa shape index (κ3) is 3.27. The van der Waals surface area contributed by atoms with Crippen molar-refractivity contribution in [2.45, 2.75) is 38.3 Å². The number of halogens is 1. The predicted octanol–water partition coefficient (Wildman–Crippen LogP) is 2.64. The number of benzene rings is 1. The maximum atomic E-state index is 12.7. The first kappa shape index (κ1) is 12.5. The number of aliphatic hydroxyl groups excluding tert-OH is 1. The van der Waals surface area contributed by atoms with Gasteiger partial charge in [0.25, 0.3) is 0 Å². The summed E-state index contributed by atoms with van der Waals surface area (Å²) in [6.07, 6.45) is 1.97. The molecule has 0 heterocycles. The number of aliphatic hydroxyl groups is 1. The lowest BCUT2D eigenvalue weighted by atomic mass is 9.98. The minimum Gasteiger partial charge on any atom is -0.387 e. The molecule has 0 saturated heterocycles. The van der Waals surface area contributed by atoms with Gasteiger partial charge in [0.1, 0.15) is 5.82 Å².